The molecule has 38 heavy (non-hydrogen) atoms. The van der Waals surface area contributed by atoms with Crippen molar-refractivity contribution in [2.75, 3.05) is 32.3 Å². The Morgan fingerprint density at radius 3 is 2.29 bits per heavy atom. The Bertz CT molecular complexity index is 1190. The van der Waals surface area contributed by atoms with Gasteiger partial charge in [0.2, 0.25) is 5.91 Å². The van der Waals surface area contributed by atoms with E-state index in [1.54, 1.807) is 17.0 Å². The van der Waals surface area contributed by atoms with Gasteiger partial charge in [0.1, 0.15) is 5.75 Å². The predicted molar refractivity (Wildman–Crippen MR) is 149 cm³/mol. The molecule has 2 aromatic rings. The van der Waals surface area contributed by atoms with Crippen molar-refractivity contribution in [2.24, 2.45) is 17.8 Å². The van der Waals surface area contributed by atoms with Crippen molar-refractivity contribution in [1.82, 2.24) is 10.2 Å². The number of benzene rings is 2. The number of hydrogen-bond donors (Lipinski definition) is 2. The number of para-hydroxylation sites is 1. The van der Waals surface area contributed by atoms with E-state index in [9.17, 15) is 19.3 Å². The van der Waals surface area contributed by atoms with Crippen LogP contribution in [-0.2, 0) is 14.2 Å². The largest absolute Gasteiger partial charge is 0.481 e. The molecule has 7 nitrogen and oxygen atoms in total. The second-order valence-electron chi connectivity index (χ2n) is 11.1. The van der Waals surface area contributed by atoms with Crippen LogP contribution in [0.3, 0.4) is 0 Å². The highest BCUT2D eigenvalue weighted by Crippen LogP contribution is 2.55. The van der Waals surface area contributed by atoms with Crippen LogP contribution in [0.4, 0.5) is 0 Å². The molecule has 5 rings (SSSR count). The number of carboxylic acid groups (broad SMARTS) is 1. The van der Waals surface area contributed by atoms with Gasteiger partial charge in [-0.2, -0.15) is 0 Å². The average molecular weight is 539 g/mol. The topological polar surface area (TPSA) is 95.9 Å². The molecule has 3 aliphatic rings. The smallest absolute Gasteiger partial charge is 0.304 e. The minimum absolute atomic E-state index is 0.111. The van der Waals surface area contributed by atoms with E-state index >= 15 is 0 Å². The number of amides is 1. The Hall–Kier alpha value is -2.63. The van der Waals surface area contributed by atoms with Gasteiger partial charge < -0.3 is 19.8 Å². The number of nitrogens with zero attached hydrogens (tertiary/aromatic N) is 1. The second-order valence-corrected chi connectivity index (χ2v) is 13.5. The number of carboxylic acids is 1. The molecule has 3 aliphatic heterocycles. The lowest BCUT2D eigenvalue weighted by atomic mass is 9.87. The van der Waals surface area contributed by atoms with Crippen LogP contribution in [0.5, 0.6) is 5.75 Å². The van der Waals surface area contributed by atoms with E-state index < -0.39 is 19.3 Å². The lowest BCUT2D eigenvalue weighted by Gasteiger charge is -2.36. The van der Waals surface area contributed by atoms with Crippen molar-refractivity contribution < 1.29 is 23.8 Å². The lowest BCUT2D eigenvalue weighted by Crippen LogP contribution is -2.43. The molecule has 0 spiro atoms. The Morgan fingerprint density at radius 1 is 0.947 bits per heavy atom. The second kappa shape index (κ2) is 12.0. The molecular formula is C30H39N2O5P. The van der Waals surface area contributed by atoms with Crippen molar-refractivity contribution >= 4 is 24.5 Å². The summed E-state index contributed by atoms with van der Waals surface area (Å²) >= 11 is 0. The summed E-state index contributed by atoms with van der Waals surface area (Å²) in [5, 5.41) is 13.6. The van der Waals surface area contributed by atoms with Crippen molar-refractivity contribution in [1.29, 1.82) is 0 Å². The van der Waals surface area contributed by atoms with Crippen LogP contribution in [0.2, 0.25) is 0 Å². The first-order valence-electron chi connectivity index (χ1n) is 14.1. The van der Waals surface area contributed by atoms with E-state index in [0.29, 0.717) is 30.1 Å². The highest BCUT2D eigenvalue weighted by atomic mass is 31.2. The molecule has 204 valence electrons. The van der Waals surface area contributed by atoms with E-state index in [2.05, 4.69) is 5.32 Å². The van der Waals surface area contributed by atoms with E-state index in [-0.39, 0.29) is 18.5 Å². The van der Waals surface area contributed by atoms with Crippen LogP contribution in [-0.4, -0.2) is 54.2 Å². The molecule has 0 aromatic heterocycles. The molecule has 2 aromatic carbocycles. The summed E-state index contributed by atoms with van der Waals surface area (Å²) in [7, 11) is -3.51. The fraction of sp³-hybridized carbons (Fsp3) is 0.533. The molecule has 2 fully saturated rings. The van der Waals surface area contributed by atoms with Crippen molar-refractivity contribution in [3.05, 3.63) is 48.5 Å². The van der Waals surface area contributed by atoms with Gasteiger partial charge in [0.15, 0.2) is 0 Å². The zero-order valence-corrected chi connectivity index (χ0v) is 22.9. The summed E-state index contributed by atoms with van der Waals surface area (Å²) in [4.78, 5) is 27.2. The summed E-state index contributed by atoms with van der Waals surface area (Å²) in [5.74, 6) is -0.197. The normalized spacial score (nSPS) is 22.7. The van der Waals surface area contributed by atoms with E-state index in [1.165, 1.54) is 32.1 Å². The summed E-state index contributed by atoms with van der Waals surface area (Å²) < 4.78 is 20.4. The Kier molecular flexibility index (Phi) is 8.54. The Morgan fingerprint density at radius 2 is 1.58 bits per heavy atom. The van der Waals surface area contributed by atoms with Crippen LogP contribution >= 0.6 is 7.37 Å². The summed E-state index contributed by atoms with van der Waals surface area (Å²) in [6.07, 6.45) is 7.72. The number of nitrogens with one attached hydrogen (secondary N) is 1. The zero-order chi connectivity index (χ0) is 26.5. The number of carbonyl (C=O) groups excluding carboxylic acids is 1. The third-order valence-electron chi connectivity index (χ3n) is 8.53. The van der Waals surface area contributed by atoms with Gasteiger partial charge in [0, 0.05) is 18.7 Å². The van der Waals surface area contributed by atoms with Crippen LogP contribution in [0.15, 0.2) is 48.5 Å². The van der Waals surface area contributed by atoms with Crippen molar-refractivity contribution in [3.8, 4) is 16.9 Å². The van der Waals surface area contributed by atoms with Gasteiger partial charge in [-0.05, 0) is 68.3 Å². The molecule has 0 saturated carbocycles. The maximum atomic E-state index is 14.3. The van der Waals surface area contributed by atoms with Crippen LogP contribution < -0.4 is 15.1 Å². The highest BCUT2D eigenvalue weighted by Gasteiger charge is 2.41. The molecular weight excluding hydrogens is 499 g/mol. The quantitative estimate of drug-likeness (QED) is 0.429. The average Bonchev–Trinajstić information content (AvgIpc) is 2.93. The van der Waals surface area contributed by atoms with Gasteiger partial charge in [-0.1, -0.05) is 55.7 Å². The predicted octanol–water partition coefficient (Wildman–Crippen LogP) is 5.15. The monoisotopic (exact) mass is 538 g/mol. The molecule has 0 bridgehead atoms. The molecule has 2 saturated heterocycles. The highest BCUT2D eigenvalue weighted by molar-refractivity contribution is 7.67. The van der Waals surface area contributed by atoms with Gasteiger partial charge in [-0.3, -0.25) is 14.2 Å². The van der Waals surface area contributed by atoms with Crippen molar-refractivity contribution in [2.45, 2.75) is 51.4 Å². The van der Waals surface area contributed by atoms with E-state index in [4.69, 9.17) is 4.52 Å². The maximum Gasteiger partial charge on any atom is 0.304 e. The fourth-order valence-corrected chi connectivity index (χ4v) is 8.99. The number of aliphatic carboxylic acids is 1. The first-order valence-corrected chi connectivity index (χ1v) is 15.9. The minimum atomic E-state index is -3.51. The summed E-state index contributed by atoms with van der Waals surface area (Å²) in [5.41, 5.74) is 1.68. The Balaban J connectivity index is 1.23. The Labute approximate surface area is 225 Å². The number of carbonyl (C=O) groups is 2. The molecule has 2 N–H and O–H groups in total. The first kappa shape index (κ1) is 27.0. The van der Waals surface area contributed by atoms with Gasteiger partial charge >= 0.3 is 5.97 Å². The lowest BCUT2D eigenvalue weighted by molar-refractivity contribution is -0.144. The fourth-order valence-electron chi connectivity index (χ4n) is 6.41. The zero-order valence-electron chi connectivity index (χ0n) is 22.0. The number of piperidine rings is 2. The molecule has 2 unspecified atom stereocenters. The minimum Gasteiger partial charge on any atom is -0.481 e. The van der Waals surface area contributed by atoms with Gasteiger partial charge in [-0.25, -0.2) is 0 Å². The molecule has 1 amide bonds. The molecule has 0 radical (unpaired) electrons. The molecule has 0 aliphatic carbocycles. The molecule has 3 heterocycles. The van der Waals surface area contributed by atoms with Crippen LogP contribution in [0, 0.1) is 17.8 Å². The van der Waals surface area contributed by atoms with E-state index in [0.717, 1.165) is 43.0 Å². The number of hydrogen-bond acceptors (Lipinski definition) is 5. The first-order chi connectivity index (χ1) is 18.4. The van der Waals surface area contributed by atoms with Gasteiger partial charge in [0.25, 0.3) is 7.37 Å². The maximum absolute atomic E-state index is 14.3. The van der Waals surface area contributed by atoms with Crippen LogP contribution in [0.25, 0.3) is 11.1 Å². The molecule has 2 atom stereocenters. The van der Waals surface area contributed by atoms with Crippen molar-refractivity contribution in [3.63, 3.8) is 0 Å². The SMILES string of the molecule is O=C(O)CC(CP1(=O)Oc2ccccc2-c2ccccc21)C(=O)N1CCC(CCCC2CCNCC2)CC1. The van der Waals surface area contributed by atoms with E-state index in [1.807, 2.05) is 36.4 Å². The summed E-state index contributed by atoms with van der Waals surface area (Å²) in [6.45, 7) is 3.55. The number of likely N-dealkylation sites (tertiary alicyclic amines) is 1. The number of fused-ring (bicyclic) bond motifs is 3. The summed E-state index contributed by atoms with van der Waals surface area (Å²) in [6, 6.07) is 14.8. The third-order valence-corrected chi connectivity index (χ3v) is 11.1. The van der Waals surface area contributed by atoms with Gasteiger partial charge in [-0.15, -0.1) is 0 Å². The third kappa shape index (κ3) is 6.16. The standard InChI is InChI=1S/C30H39N2O5P/c33-29(34)20-24(21-38(36)28-11-4-2-9-26(28)25-8-1-3-10-27(25)37-38)30(35)32-18-14-23(15-19-32)7-5-6-22-12-16-31-17-13-22/h1-4,8-11,22-24,31H,5-7,12-21H2,(H,33,34). The van der Waals surface area contributed by atoms with Gasteiger partial charge in [0.05, 0.1) is 23.8 Å². The van der Waals surface area contributed by atoms with Crippen LogP contribution in [0.1, 0.15) is 51.4 Å². The number of rotatable bonds is 9. The molecule has 8 heteroatoms.